The molecule has 0 saturated carbocycles. The molecular formula is C17H16N2O5. The summed E-state index contributed by atoms with van der Waals surface area (Å²) in [5.41, 5.74) is 1.60. The van der Waals surface area contributed by atoms with Crippen LogP contribution in [-0.4, -0.2) is 30.9 Å². The first-order valence-electron chi connectivity index (χ1n) is 7.29. The zero-order valence-corrected chi connectivity index (χ0v) is 13.2. The van der Waals surface area contributed by atoms with Crippen molar-refractivity contribution in [3.8, 4) is 11.5 Å². The van der Waals surface area contributed by atoms with Gasteiger partial charge in [0.15, 0.2) is 5.71 Å². The lowest BCUT2D eigenvalue weighted by atomic mass is 9.95. The number of ether oxygens (including phenoxy) is 2. The summed E-state index contributed by atoms with van der Waals surface area (Å²) in [4.78, 5) is 16.6. The average Bonchev–Trinajstić information content (AvgIpc) is 3.07. The molecule has 0 amide bonds. The van der Waals surface area contributed by atoms with Crippen molar-refractivity contribution in [2.24, 2.45) is 5.16 Å². The number of benzene rings is 2. The van der Waals surface area contributed by atoms with Crippen LogP contribution in [0.1, 0.15) is 17.2 Å². The van der Waals surface area contributed by atoms with Crippen LogP contribution in [0.3, 0.4) is 0 Å². The van der Waals surface area contributed by atoms with Crippen molar-refractivity contribution in [3.63, 3.8) is 0 Å². The molecule has 24 heavy (non-hydrogen) atoms. The molecule has 1 aliphatic rings. The second-order valence-corrected chi connectivity index (χ2v) is 5.23. The Hall–Kier alpha value is -3.09. The summed E-state index contributed by atoms with van der Waals surface area (Å²) in [6.45, 7) is 0. The molecule has 2 aromatic rings. The van der Waals surface area contributed by atoms with Gasteiger partial charge in [0.2, 0.25) is 6.10 Å². The Morgan fingerprint density at radius 3 is 2.04 bits per heavy atom. The third-order valence-electron chi connectivity index (χ3n) is 3.89. The van der Waals surface area contributed by atoms with E-state index in [0.717, 1.165) is 0 Å². The summed E-state index contributed by atoms with van der Waals surface area (Å²) < 4.78 is 10.2. The SMILES string of the molecule is COc1ccc(C2=NOC(c3ccc(OC)cc3)C2[N+](=O)[O-])cc1. The minimum Gasteiger partial charge on any atom is -0.497 e. The third kappa shape index (κ3) is 2.88. The molecule has 0 spiro atoms. The van der Waals surface area contributed by atoms with Crippen molar-refractivity contribution in [2.75, 3.05) is 14.2 Å². The van der Waals surface area contributed by atoms with Gasteiger partial charge in [0.1, 0.15) is 11.5 Å². The van der Waals surface area contributed by atoms with E-state index in [-0.39, 0.29) is 4.92 Å². The molecule has 7 nitrogen and oxygen atoms in total. The molecule has 2 unspecified atom stereocenters. The van der Waals surface area contributed by atoms with E-state index in [0.29, 0.717) is 28.3 Å². The maximum atomic E-state index is 11.6. The van der Waals surface area contributed by atoms with Crippen LogP contribution in [0.2, 0.25) is 0 Å². The molecule has 0 aliphatic carbocycles. The lowest BCUT2D eigenvalue weighted by Crippen LogP contribution is -2.32. The van der Waals surface area contributed by atoms with Gasteiger partial charge in [-0.15, -0.1) is 0 Å². The van der Waals surface area contributed by atoms with Gasteiger partial charge in [-0.3, -0.25) is 10.1 Å². The van der Waals surface area contributed by atoms with E-state index in [1.165, 1.54) is 0 Å². The van der Waals surface area contributed by atoms with Crippen LogP contribution < -0.4 is 9.47 Å². The van der Waals surface area contributed by atoms with Crippen LogP contribution in [0.5, 0.6) is 11.5 Å². The molecular weight excluding hydrogens is 312 g/mol. The Balaban J connectivity index is 1.90. The lowest BCUT2D eigenvalue weighted by molar-refractivity contribution is -0.512. The first-order chi connectivity index (χ1) is 11.6. The molecule has 0 fully saturated rings. The van der Waals surface area contributed by atoms with Crippen LogP contribution in [0, 0.1) is 10.1 Å². The number of nitrogens with zero attached hydrogens (tertiary/aromatic N) is 2. The highest BCUT2D eigenvalue weighted by Gasteiger charge is 2.45. The number of nitro groups is 1. The molecule has 1 heterocycles. The van der Waals surface area contributed by atoms with Gasteiger partial charge in [-0.2, -0.15) is 0 Å². The zero-order chi connectivity index (χ0) is 17.1. The molecule has 0 saturated heterocycles. The predicted molar refractivity (Wildman–Crippen MR) is 87.1 cm³/mol. The fraction of sp³-hybridized carbons (Fsp3) is 0.235. The number of rotatable bonds is 5. The monoisotopic (exact) mass is 328 g/mol. The maximum Gasteiger partial charge on any atom is 0.301 e. The van der Waals surface area contributed by atoms with Crippen molar-refractivity contribution in [2.45, 2.75) is 12.1 Å². The van der Waals surface area contributed by atoms with E-state index < -0.39 is 12.1 Å². The molecule has 0 bridgehead atoms. The molecule has 1 aliphatic heterocycles. The van der Waals surface area contributed by atoms with Gasteiger partial charge in [0, 0.05) is 16.1 Å². The van der Waals surface area contributed by atoms with Crippen molar-refractivity contribution in [1.82, 2.24) is 0 Å². The Labute approximate surface area is 138 Å². The van der Waals surface area contributed by atoms with Crippen LogP contribution in [0.25, 0.3) is 0 Å². The van der Waals surface area contributed by atoms with Gasteiger partial charge in [-0.1, -0.05) is 17.3 Å². The minimum absolute atomic E-state index is 0.295. The number of hydrogen-bond donors (Lipinski definition) is 0. The Kier molecular flexibility index (Phi) is 4.33. The summed E-state index contributed by atoms with van der Waals surface area (Å²) in [6, 6.07) is 12.8. The zero-order valence-electron chi connectivity index (χ0n) is 13.2. The van der Waals surface area contributed by atoms with Gasteiger partial charge in [-0.05, 0) is 36.4 Å². The molecule has 124 valence electrons. The van der Waals surface area contributed by atoms with E-state index in [1.807, 2.05) is 0 Å². The van der Waals surface area contributed by atoms with E-state index in [9.17, 15) is 10.1 Å². The van der Waals surface area contributed by atoms with Gasteiger partial charge < -0.3 is 14.3 Å². The second-order valence-electron chi connectivity index (χ2n) is 5.23. The van der Waals surface area contributed by atoms with Gasteiger partial charge >= 0.3 is 6.04 Å². The highest BCUT2D eigenvalue weighted by Crippen LogP contribution is 2.33. The topological polar surface area (TPSA) is 83.2 Å². The standard InChI is InChI=1S/C17H16N2O5/c1-22-13-7-3-11(4-8-13)15-16(19(20)21)17(24-18-15)12-5-9-14(23-2)10-6-12/h3-10,16-17H,1-2H3. The highest BCUT2D eigenvalue weighted by atomic mass is 16.7. The fourth-order valence-corrected chi connectivity index (χ4v) is 2.60. The summed E-state index contributed by atoms with van der Waals surface area (Å²) in [6.07, 6.45) is -0.775. The van der Waals surface area contributed by atoms with Crippen LogP contribution in [0.15, 0.2) is 53.7 Å². The lowest BCUT2D eigenvalue weighted by Gasteiger charge is -2.13. The van der Waals surface area contributed by atoms with E-state index in [4.69, 9.17) is 14.3 Å². The van der Waals surface area contributed by atoms with Crippen LogP contribution in [-0.2, 0) is 4.84 Å². The summed E-state index contributed by atoms with van der Waals surface area (Å²) >= 11 is 0. The Morgan fingerprint density at radius 2 is 1.54 bits per heavy atom. The van der Waals surface area contributed by atoms with Gasteiger partial charge in [0.05, 0.1) is 14.2 Å². The predicted octanol–water partition coefficient (Wildman–Crippen LogP) is 2.82. The van der Waals surface area contributed by atoms with E-state index in [2.05, 4.69) is 5.16 Å². The first kappa shape index (κ1) is 15.8. The average molecular weight is 328 g/mol. The van der Waals surface area contributed by atoms with Crippen molar-refractivity contribution in [3.05, 3.63) is 69.8 Å². The van der Waals surface area contributed by atoms with Crippen molar-refractivity contribution in [1.29, 1.82) is 0 Å². The van der Waals surface area contributed by atoms with Crippen molar-refractivity contribution >= 4 is 5.71 Å². The Bertz CT molecular complexity index is 756. The third-order valence-corrected chi connectivity index (χ3v) is 3.89. The molecule has 0 aromatic heterocycles. The van der Waals surface area contributed by atoms with Gasteiger partial charge in [-0.25, -0.2) is 0 Å². The smallest absolute Gasteiger partial charge is 0.301 e. The normalized spacial score (nSPS) is 19.3. The molecule has 2 aromatic carbocycles. The van der Waals surface area contributed by atoms with Crippen molar-refractivity contribution < 1.29 is 19.2 Å². The fourth-order valence-electron chi connectivity index (χ4n) is 2.60. The van der Waals surface area contributed by atoms with Crippen LogP contribution in [0.4, 0.5) is 0 Å². The van der Waals surface area contributed by atoms with E-state index >= 15 is 0 Å². The molecule has 7 heteroatoms. The maximum absolute atomic E-state index is 11.6. The number of oxime groups is 1. The minimum atomic E-state index is -1.08. The molecule has 0 N–H and O–H groups in total. The largest absolute Gasteiger partial charge is 0.497 e. The molecule has 3 rings (SSSR count). The second kappa shape index (κ2) is 6.57. The number of methoxy groups -OCH3 is 2. The Morgan fingerprint density at radius 1 is 1.00 bits per heavy atom. The summed E-state index contributed by atoms with van der Waals surface area (Å²) in [5, 5.41) is 15.6. The highest BCUT2D eigenvalue weighted by molar-refractivity contribution is 6.04. The van der Waals surface area contributed by atoms with Crippen LogP contribution >= 0.6 is 0 Å². The summed E-state index contributed by atoms with van der Waals surface area (Å²) in [7, 11) is 3.12. The first-order valence-corrected chi connectivity index (χ1v) is 7.29. The van der Waals surface area contributed by atoms with Gasteiger partial charge in [0.25, 0.3) is 0 Å². The number of hydrogen-bond acceptors (Lipinski definition) is 6. The quantitative estimate of drug-likeness (QED) is 0.622. The molecule has 2 atom stereocenters. The molecule has 0 radical (unpaired) electrons. The summed E-state index contributed by atoms with van der Waals surface area (Å²) in [5.74, 6) is 1.34. The van der Waals surface area contributed by atoms with E-state index in [1.54, 1.807) is 62.8 Å².